The van der Waals surface area contributed by atoms with Crippen LogP contribution in [-0.4, -0.2) is 31.0 Å². The lowest BCUT2D eigenvalue weighted by Gasteiger charge is -2.01. The van der Waals surface area contributed by atoms with Gasteiger partial charge in [0, 0.05) is 24.7 Å². The van der Waals surface area contributed by atoms with E-state index in [-0.39, 0.29) is 23.3 Å². The monoisotopic (exact) mass is 241 g/mol. The molecular formula is C10H7N7O. The van der Waals surface area contributed by atoms with Gasteiger partial charge < -0.3 is 0 Å². The standard InChI is InChI=1S/C10H7N7O/c11-6-8-12-5-2-7(15-8)16-10(17-18)9-13-3-1-4-14-9/h1-5,18H,(H,12,15,16,17). The number of amidine groups is 1. The van der Waals surface area contributed by atoms with Gasteiger partial charge in [-0.15, -0.1) is 0 Å². The third-order valence-electron chi connectivity index (χ3n) is 1.85. The van der Waals surface area contributed by atoms with Crippen LogP contribution in [0.2, 0.25) is 0 Å². The molecule has 2 heterocycles. The summed E-state index contributed by atoms with van der Waals surface area (Å²) in [6.07, 6.45) is 4.41. The first-order valence-corrected chi connectivity index (χ1v) is 4.83. The first kappa shape index (κ1) is 11.6. The third-order valence-corrected chi connectivity index (χ3v) is 1.85. The molecule has 0 spiro atoms. The molecule has 0 aromatic carbocycles. The van der Waals surface area contributed by atoms with Gasteiger partial charge in [-0.25, -0.2) is 25.4 Å². The fourth-order valence-corrected chi connectivity index (χ4v) is 1.13. The van der Waals surface area contributed by atoms with Gasteiger partial charge in [-0.05, 0) is 6.07 Å². The molecule has 0 aliphatic carbocycles. The smallest absolute Gasteiger partial charge is 0.234 e. The highest BCUT2D eigenvalue weighted by Gasteiger charge is 2.06. The molecule has 2 rings (SSSR count). The van der Waals surface area contributed by atoms with Gasteiger partial charge in [-0.1, -0.05) is 0 Å². The van der Waals surface area contributed by atoms with Crippen LogP contribution in [0.1, 0.15) is 11.6 Å². The van der Waals surface area contributed by atoms with E-state index >= 15 is 0 Å². The summed E-state index contributed by atoms with van der Waals surface area (Å²) in [5.41, 5.74) is 1.89. The predicted molar refractivity (Wildman–Crippen MR) is 59.9 cm³/mol. The van der Waals surface area contributed by atoms with E-state index in [1.54, 1.807) is 12.1 Å². The molecule has 0 aliphatic rings. The molecule has 0 aliphatic heterocycles. The van der Waals surface area contributed by atoms with Crippen LogP contribution < -0.4 is 5.48 Å². The molecule has 8 heteroatoms. The molecule has 0 saturated carbocycles. The quantitative estimate of drug-likeness (QED) is 0.437. The van der Waals surface area contributed by atoms with Crippen LogP contribution in [0.15, 0.2) is 35.7 Å². The molecule has 8 nitrogen and oxygen atoms in total. The molecule has 0 radical (unpaired) electrons. The predicted octanol–water partition coefficient (Wildman–Crippen LogP) is 0.195. The van der Waals surface area contributed by atoms with E-state index in [4.69, 9.17) is 10.5 Å². The topological polar surface area (TPSA) is 120 Å². The van der Waals surface area contributed by atoms with Gasteiger partial charge >= 0.3 is 0 Å². The second-order valence-electron chi connectivity index (χ2n) is 2.99. The highest BCUT2D eigenvalue weighted by Crippen LogP contribution is 2.07. The lowest BCUT2D eigenvalue weighted by molar-refractivity contribution is 0.234. The molecule has 0 unspecified atom stereocenters. The van der Waals surface area contributed by atoms with Crippen LogP contribution >= 0.6 is 0 Å². The number of hydroxylamine groups is 1. The van der Waals surface area contributed by atoms with Crippen molar-refractivity contribution in [3.8, 4) is 6.07 Å². The number of rotatable bonds is 2. The average molecular weight is 241 g/mol. The van der Waals surface area contributed by atoms with E-state index in [9.17, 15) is 0 Å². The molecule has 0 amide bonds. The Labute approximate surface area is 102 Å². The molecule has 2 N–H and O–H groups in total. The number of hydrogen-bond donors (Lipinski definition) is 2. The summed E-state index contributed by atoms with van der Waals surface area (Å²) in [4.78, 5) is 19.4. The molecule has 18 heavy (non-hydrogen) atoms. The Morgan fingerprint density at radius 3 is 2.72 bits per heavy atom. The minimum Gasteiger partial charge on any atom is -0.290 e. The summed E-state index contributed by atoms with van der Waals surface area (Å²) in [5, 5.41) is 17.7. The Kier molecular flexibility index (Phi) is 3.48. The van der Waals surface area contributed by atoms with Crippen LogP contribution in [0.25, 0.3) is 0 Å². The lowest BCUT2D eigenvalue weighted by atomic mass is 10.5. The van der Waals surface area contributed by atoms with E-state index in [0.29, 0.717) is 0 Å². The summed E-state index contributed by atoms with van der Waals surface area (Å²) < 4.78 is 0. The Morgan fingerprint density at radius 2 is 2.06 bits per heavy atom. The normalized spacial score (nSPS) is 10.8. The van der Waals surface area contributed by atoms with Gasteiger partial charge in [0.2, 0.25) is 5.82 Å². The maximum absolute atomic E-state index is 9.00. The van der Waals surface area contributed by atoms with Crippen LogP contribution in [0.5, 0.6) is 0 Å². The second kappa shape index (κ2) is 5.42. The van der Waals surface area contributed by atoms with Crippen molar-refractivity contribution in [3.63, 3.8) is 0 Å². The number of nitrogens with one attached hydrogen (secondary N) is 1. The lowest BCUT2D eigenvalue weighted by Crippen LogP contribution is -2.22. The number of nitriles is 1. The summed E-state index contributed by atoms with van der Waals surface area (Å²) >= 11 is 0. The van der Waals surface area contributed by atoms with Crippen LogP contribution in [-0.2, 0) is 0 Å². The highest BCUT2D eigenvalue weighted by molar-refractivity contribution is 5.95. The number of hydrogen-bond acceptors (Lipinski definition) is 7. The largest absolute Gasteiger partial charge is 0.290 e. The van der Waals surface area contributed by atoms with Crippen molar-refractivity contribution in [3.05, 3.63) is 42.4 Å². The van der Waals surface area contributed by atoms with Gasteiger partial charge in [0.15, 0.2) is 17.5 Å². The van der Waals surface area contributed by atoms with Crippen molar-refractivity contribution in [2.24, 2.45) is 4.99 Å². The van der Waals surface area contributed by atoms with E-state index in [0.717, 1.165) is 0 Å². The molecule has 0 atom stereocenters. The first-order chi connectivity index (χ1) is 8.83. The van der Waals surface area contributed by atoms with E-state index in [2.05, 4.69) is 24.9 Å². The van der Waals surface area contributed by atoms with Crippen LogP contribution in [0.3, 0.4) is 0 Å². The van der Waals surface area contributed by atoms with Crippen molar-refractivity contribution < 1.29 is 5.21 Å². The van der Waals surface area contributed by atoms with E-state index in [1.165, 1.54) is 24.7 Å². The Morgan fingerprint density at radius 1 is 1.28 bits per heavy atom. The molecule has 0 saturated heterocycles. The van der Waals surface area contributed by atoms with Crippen molar-refractivity contribution >= 4 is 11.7 Å². The molecule has 0 bridgehead atoms. The van der Waals surface area contributed by atoms with E-state index < -0.39 is 0 Å². The minimum atomic E-state index is -0.0116. The van der Waals surface area contributed by atoms with Gasteiger partial charge in [0.25, 0.3) is 0 Å². The van der Waals surface area contributed by atoms with Crippen molar-refractivity contribution in [1.82, 2.24) is 25.4 Å². The third kappa shape index (κ3) is 2.60. The second-order valence-corrected chi connectivity index (χ2v) is 2.99. The van der Waals surface area contributed by atoms with Gasteiger partial charge in [0.1, 0.15) is 6.07 Å². The van der Waals surface area contributed by atoms with Crippen molar-refractivity contribution in [2.45, 2.75) is 0 Å². The zero-order valence-electron chi connectivity index (χ0n) is 9.02. The van der Waals surface area contributed by atoms with Crippen molar-refractivity contribution in [2.75, 3.05) is 0 Å². The Hall–Kier alpha value is -2.92. The summed E-state index contributed by atoms with van der Waals surface area (Å²) in [5.74, 6) is 0.434. The van der Waals surface area contributed by atoms with Crippen LogP contribution in [0.4, 0.5) is 5.82 Å². The molecule has 2 aromatic rings. The average Bonchev–Trinajstić information content (AvgIpc) is 2.46. The summed E-state index contributed by atoms with van der Waals surface area (Å²) in [6, 6.07) is 4.92. The zero-order chi connectivity index (χ0) is 12.8. The Bertz CT molecular complexity index is 605. The molecular weight excluding hydrogens is 234 g/mol. The maximum atomic E-state index is 9.00. The van der Waals surface area contributed by atoms with E-state index in [1.807, 2.05) is 5.48 Å². The number of nitrogens with zero attached hydrogens (tertiary/aromatic N) is 6. The fourth-order valence-electron chi connectivity index (χ4n) is 1.13. The van der Waals surface area contributed by atoms with Crippen LogP contribution in [0, 0.1) is 11.3 Å². The first-order valence-electron chi connectivity index (χ1n) is 4.83. The van der Waals surface area contributed by atoms with Gasteiger partial charge in [-0.3, -0.25) is 5.21 Å². The SMILES string of the molecule is N#Cc1nccc(N=C(NO)c2ncccn2)n1. The van der Waals surface area contributed by atoms with Gasteiger partial charge in [-0.2, -0.15) is 10.2 Å². The fraction of sp³-hybridized carbons (Fsp3) is 0. The maximum Gasteiger partial charge on any atom is 0.234 e. The summed E-state index contributed by atoms with van der Waals surface area (Å²) in [7, 11) is 0. The van der Waals surface area contributed by atoms with Gasteiger partial charge in [0.05, 0.1) is 0 Å². The minimum absolute atomic E-state index is 0.0116. The Balaban J connectivity index is 2.38. The molecule has 2 aromatic heterocycles. The van der Waals surface area contributed by atoms with Crippen molar-refractivity contribution in [1.29, 1.82) is 5.26 Å². The number of aliphatic imine (C=N–C) groups is 1. The molecule has 88 valence electrons. The number of aromatic nitrogens is 4. The summed E-state index contributed by atoms with van der Waals surface area (Å²) in [6.45, 7) is 0. The zero-order valence-corrected chi connectivity index (χ0v) is 9.02. The molecule has 0 fully saturated rings. The highest BCUT2D eigenvalue weighted by atomic mass is 16.5.